The maximum atomic E-state index is 12.4. The van der Waals surface area contributed by atoms with E-state index in [9.17, 15) is 13.2 Å². The highest BCUT2D eigenvalue weighted by molar-refractivity contribution is 7.18. The number of aromatic nitrogens is 2. The highest BCUT2D eigenvalue weighted by Crippen LogP contribution is 2.30. The average Bonchev–Trinajstić information content (AvgIpc) is 2.87. The smallest absolute Gasteiger partial charge is 0.382 e. The van der Waals surface area contributed by atoms with Crippen LogP contribution in [-0.4, -0.2) is 65.0 Å². The Morgan fingerprint density at radius 1 is 1.26 bits per heavy atom. The zero-order chi connectivity index (χ0) is 16.6. The van der Waals surface area contributed by atoms with Gasteiger partial charge in [-0.3, -0.25) is 4.90 Å². The Morgan fingerprint density at radius 3 is 2.61 bits per heavy atom. The Morgan fingerprint density at radius 2 is 1.96 bits per heavy atom. The Kier molecular flexibility index (Phi) is 4.43. The number of fused-ring (bicyclic) bond motifs is 1. The predicted octanol–water partition coefficient (Wildman–Crippen LogP) is 2.04. The summed E-state index contributed by atoms with van der Waals surface area (Å²) in [6.45, 7) is 3.70. The lowest BCUT2D eigenvalue weighted by molar-refractivity contribution is -0.208. The van der Waals surface area contributed by atoms with Crippen molar-refractivity contribution in [2.24, 2.45) is 0 Å². The lowest BCUT2D eigenvalue weighted by atomic mass is 10.2. The monoisotopic (exact) mass is 346 g/mol. The Hall–Kier alpha value is -1.45. The number of alkyl halides is 3. The highest BCUT2D eigenvalue weighted by atomic mass is 32.1. The molecule has 1 aliphatic heterocycles. The van der Waals surface area contributed by atoms with Crippen LogP contribution in [0.5, 0.6) is 0 Å². The van der Waals surface area contributed by atoms with Gasteiger partial charge in [-0.2, -0.15) is 13.2 Å². The maximum Gasteiger partial charge on any atom is 0.415 e. The van der Waals surface area contributed by atoms with Gasteiger partial charge < -0.3 is 10.0 Å². The van der Waals surface area contributed by atoms with Crippen LogP contribution in [0.1, 0.15) is 4.88 Å². The fourth-order valence-electron chi connectivity index (χ4n) is 2.71. The van der Waals surface area contributed by atoms with Crippen molar-refractivity contribution in [3.05, 3.63) is 17.3 Å². The average molecular weight is 346 g/mol. The topological polar surface area (TPSA) is 52.5 Å². The number of rotatable bonds is 3. The molecule has 1 aliphatic rings. The number of halogens is 3. The van der Waals surface area contributed by atoms with E-state index < -0.39 is 12.3 Å². The summed E-state index contributed by atoms with van der Waals surface area (Å²) in [7, 11) is 0. The van der Waals surface area contributed by atoms with Gasteiger partial charge in [0.05, 0.1) is 5.39 Å². The summed E-state index contributed by atoms with van der Waals surface area (Å²) < 4.78 is 37.3. The van der Waals surface area contributed by atoms with Gasteiger partial charge in [0, 0.05) is 37.6 Å². The first-order valence-corrected chi connectivity index (χ1v) is 8.09. The van der Waals surface area contributed by atoms with Crippen molar-refractivity contribution in [1.29, 1.82) is 0 Å². The molecule has 0 aliphatic carbocycles. The van der Waals surface area contributed by atoms with Gasteiger partial charge in [-0.15, -0.1) is 11.3 Å². The predicted molar refractivity (Wildman–Crippen MR) is 82.9 cm³/mol. The third kappa shape index (κ3) is 3.56. The Bertz CT molecular complexity index is 682. The first-order chi connectivity index (χ1) is 10.8. The van der Waals surface area contributed by atoms with Crippen LogP contribution < -0.4 is 4.90 Å². The molecule has 2 aromatic rings. The molecule has 5 nitrogen and oxygen atoms in total. The van der Waals surface area contributed by atoms with E-state index in [4.69, 9.17) is 5.11 Å². The molecule has 0 bridgehead atoms. The number of aliphatic hydroxyl groups excluding tert-OH is 1. The minimum absolute atomic E-state index is 0.381. The molecule has 0 saturated carbocycles. The lowest BCUT2D eigenvalue weighted by Gasteiger charge is -2.36. The summed E-state index contributed by atoms with van der Waals surface area (Å²) in [6.07, 6.45) is -5.34. The van der Waals surface area contributed by atoms with Crippen molar-refractivity contribution < 1.29 is 18.3 Å². The van der Waals surface area contributed by atoms with Gasteiger partial charge in [0.2, 0.25) is 0 Å². The van der Waals surface area contributed by atoms with Gasteiger partial charge in [-0.25, -0.2) is 9.97 Å². The number of anilines is 1. The fraction of sp³-hybridized carbons (Fsp3) is 0.571. The summed E-state index contributed by atoms with van der Waals surface area (Å²) in [5, 5.41) is 10.2. The van der Waals surface area contributed by atoms with Crippen molar-refractivity contribution in [2.45, 2.75) is 19.2 Å². The van der Waals surface area contributed by atoms with Gasteiger partial charge in [0.15, 0.2) is 6.10 Å². The largest absolute Gasteiger partial charge is 0.415 e. The van der Waals surface area contributed by atoms with E-state index >= 15 is 0 Å². The molecule has 1 fully saturated rings. The third-order valence-corrected chi connectivity index (χ3v) is 4.87. The van der Waals surface area contributed by atoms with Crippen molar-refractivity contribution in [2.75, 3.05) is 37.6 Å². The zero-order valence-corrected chi connectivity index (χ0v) is 13.4. The van der Waals surface area contributed by atoms with Gasteiger partial charge >= 0.3 is 6.18 Å². The number of hydrogen-bond acceptors (Lipinski definition) is 6. The first kappa shape index (κ1) is 16.4. The number of piperazine rings is 1. The molecule has 23 heavy (non-hydrogen) atoms. The van der Waals surface area contributed by atoms with E-state index in [2.05, 4.69) is 14.9 Å². The summed E-state index contributed by atoms with van der Waals surface area (Å²) in [5.41, 5.74) is 0. The van der Waals surface area contributed by atoms with E-state index in [0.29, 0.717) is 26.2 Å². The molecule has 3 rings (SSSR count). The Labute approximate surface area is 135 Å². The van der Waals surface area contributed by atoms with E-state index in [0.717, 1.165) is 20.9 Å². The van der Waals surface area contributed by atoms with Crippen LogP contribution in [0.15, 0.2) is 12.4 Å². The van der Waals surface area contributed by atoms with E-state index in [1.54, 1.807) is 16.2 Å². The number of aliphatic hydroxyl groups is 1. The van der Waals surface area contributed by atoms with E-state index in [-0.39, 0.29) is 6.54 Å². The quantitative estimate of drug-likeness (QED) is 0.922. The van der Waals surface area contributed by atoms with Crippen LogP contribution in [0.25, 0.3) is 10.2 Å². The van der Waals surface area contributed by atoms with Crippen LogP contribution in [0, 0.1) is 6.92 Å². The number of aryl methyl sites for hydroxylation is 1. The second-order valence-electron chi connectivity index (χ2n) is 5.62. The second kappa shape index (κ2) is 6.21. The normalized spacial score (nSPS) is 18.6. The number of β-amino-alcohol motifs (C(OH)–C–C–N with tert-alkyl or cyclic N) is 1. The SMILES string of the molecule is Cc1cc2c(N3CCN(C[C@H](O)C(F)(F)F)CC3)ncnc2s1. The molecule has 1 atom stereocenters. The molecule has 1 saturated heterocycles. The van der Waals surface area contributed by atoms with E-state index in [1.807, 2.05) is 13.0 Å². The number of nitrogens with zero attached hydrogens (tertiary/aromatic N) is 4. The van der Waals surface area contributed by atoms with Gasteiger partial charge in [0.25, 0.3) is 0 Å². The third-order valence-electron chi connectivity index (χ3n) is 3.91. The minimum atomic E-state index is -4.57. The van der Waals surface area contributed by atoms with Crippen molar-refractivity contribution in [3.63, 3.8) is 0 Å². The summed E-state index contributed by atoms with van der Waals surface area (Å²) in [4.78, 5) is 14.4. The molecule has 0 unspecified atom stereocenters. The summed E-state index contributed by atoms with van der Waals surface area (Å²) in [6, 6.07) is 2.04. The summed E-state index contributed by atoms with van der Waals surface area (Å²) in [5.74, 6) is 0.829. The van der Waals surface area contributed by atoms with Crippen molar-refractivity contribution in [3.8, 4) is 0 Å². The maximum absolute atomic E-state index is 12.4. The highest BCUT2D eigenvalue weighted by Gasteiger charge is 2.39. The molecule has 0 amide bonds. The van der Waals surface area contributed by atoms with Gasteiger partial charge in [-0.1, -0.05) is 0 Å². The molecule has 2 aromatic heterocycles. The van der Waals surface area contributed by atoms with E-state index in [1.165, 1.54) is 6.33 Å². The first-order valence-electron chi connectivity index (χ1n) is 7.28. The van der Waals surface area contributed by atoms with Crippen molar-refractivity contribution >= 4 is 27.4 Å². The molecule has 9 heteroatoms. The standard InChI is InChI=1S/C14H17F3N4OS/c1-9-6-10-12(18-8-19-13(10)23-9)21-4-2-20(3-5-21)7-11(22)14(15,16)17/h6,8,11,22H,2-5,7H2,1H3/t11-/m0/s1. The lowest BCUT2D eigenvalue weighted by Crippen LogP contribution is -2.51. The molecule has 0 spiro atoms. The molecule has 3 heterocycles. The molecule has 0 aromatic carbocycles. The molecule has 1 N–H and O–H groups in total. The van der Waals surface area contributed by atoms with Crippen molar-refractivity contribution in [1.82, 2.24) is 14.9 Å². The Balaban J connectivity index is 1.67. The fourth-order valence-corrected chi connectivity index (χ4v) is 3.55. The van der Waals surface area contributed by atoms with Crippen LogP contribution in [-0.2, 0) is 0 Å². The van der Waals surface area contributed by atoms with Crippen LogP contribution in [0.2, 0.25) is 0 Å². The summed E-state index contributed by atoms with van der Waals surface area (Å²) >= 11 is 1.60. The van der Waals surface area contributed by atoms with Gasteiger partial charge in [-0.05, 0) is 13.0 Å². The molecule has 126 valence electrons. The van der Waals surface area contributed by atoms with Gasteiger partial charge in [0.1, 0.15) is 17.0 Å². The molecular weight excluding hydrogens is 329 g/mol. The molecular formula is C14H17F3N4OS. The zero-order valence-electron chi connectivity index (χ0n) is 12.5. The minimum Gasteiger partial charge on any atom is -0.382 e. The van der Waals surface area contributed by atoms with Crippen LogP contribution in [0.3, 0.4) is 0 Å². The number of thiophene rings is 1. The van der Waals surface area contributed by atoms with Crippen LogP contribution >= 0.6 is 11.3 Å². The van der Waals surface area contributed by atoms with Crippen LogP contribution in [0.4, 0.5) is 19.0 Å². The second-order valence-corrected chi connectivity index (χ2v) is 6.85. The molecule has 0 radical (unpaired) electrons. The number of hydrogen-bond donors (Lipinski definition) is 1.